The molecule has 2 unspecified atom stereocenters. The number of nitrogens with one attached hydrogen (secondary N) is 2. The smallest absolute Gasteiger partial charge is 0.355 e. The Morgan fingerprint density at radius 3 is 2.52 bits per heavy atom. The van der Waals surface area contributed by atoms with Crippen LogP contribution in [-0.2, 0) is 6.18 Å². The van der Waals surface area contributed by atoms with E-state index in [4.69, 9.17) is 5.73 Å². The van der Waals surface area contributed by atoms with Gasteiger partial charge in [-0.2, -0.15) is 17.7 Å². The van der Waals surface area contributed by atoms with Crippen LogP contribution < -0.4 is 21.5 Å². The van der Waals surface area contributed by atoms with Gasteiger partial charge in [-0.05, 0) is 37.3 Å². The molecule has 11 heteroatoms. The Morgan fingerprint density at radius 2 is 1.88 bits per heavy atom. The number of fused-ring (bicyclic) bond motifs is 1. The Morgan fingerprint density at radius 1 is 1.12 bits per heavy atom. The molecular formula is C14H19F3N8. The number of anilines is 1. The SMILES string of the molecule is NC1CC(C2CCN(c3ccc4nnc(C(F)(F)F)n4n3)CC2)NN1. The van der Waals surface area contributed by atoms with Crippen molar-refractivity contribution in [2.75, 3.05) is 18.0 Å². The minimum atomic E-state index is -4.59. The summed E-state index contributed by atoms with van der Waals surface area (Å²) in [4.78, 5) is 2.00. The van der Waals surface area contributed by atoms with Crippen molar-refractivity contribution < 1.29 is 13.2 Å². The molecule has 0 radical (unpaired) electrons. The Hall–Kier alpha value is -1.98. The summed E-state index contributed by atoms with van der Waals surface area (Å²) in [6.07, 6.45) is -1.87. The van der Waals surface area contributed by atoms with Crippen LogP contribution in [0.2, 0.25) is 0 Å². The first kappa shape index (κ1) is 16.5. The van der Waals surface area contributed by atoms with Crippen LogP contribution in [0.1, 0.15) is 25.1 Å². The fourth-order valence-corrected chi connectivity index (χ4v) is 3.57. The maximum atomic E-state index is 13.0. The van der Waals surface area contributed by atoms with Gasteiger partial charge in [0.15, 0.2) is 5.65 Å². The van der Waals surface area contributed by atoms with Gasteiger partial charge >= 0.3 is 6.18 Å². The van der Waals surface area contributed by atoms with E-state index in [1.54, 1.807) is 6.07 Å². The molecule has 0 aliphatic carbocycles. The molecule has 2 aromatic heterocycles. The third kappa shape index (κ3) is 3.14. The highest BCUT2D eigenvalue weighted by molar-refractivity contribution is 5.46. The van der Waals surface area contributed by atoms with E-state index in [0.717, 1.165) is 36.9 Å². The summed E-state index contributed by atoms with van der Waals surface area (Å²) in [7, 11) is 0. The highest BCUT2D eigenvalue weighted by Crippen LogP contribution is 2.29. The fourth-order valence-electron chi connectivity index (χ4n) is 3.57. The van der Waals surface area contributed by atoms with Crippen LogP contribution in [0, 0.1) is 5.92 Å². The summed E-state index contributed by atoms with van der Waals surface area (Å²) >= 11 is 0. The zero-order chi connectivity index (χ0) is 17.6. The molecule has 4 rings (SSSR count). The number of hydrazine groups is 1. The molecule has 4 N–H and O–H groups in total. The lowest BCUT2D eigenvalue weighted by atomic mass is 9.88. The molecular weight excluding hydrogens is 337 g/mol. The number of halogens is 3. The second-order valence-corrected chi connectivity index (χ2v) is 6.54. The van der Waals surface area contributed by atoms with Crippen LogP contribution in [0.4, 0.5) is 19.0 Å². The maximum absolute atomic E-state index is 13.0. The number of aromatic nitrogens is 4. The largest absolute Gasteiger partial charge is 0.453 e. The van der Waals surface area contributed by atoms with Gasteiger partial charge in [0.05, 0.1) is 6.17 Å². The van der Waals surface area contributed by atoms with Gasteiger partial charge in [0.25, 0.3) is 5.82 Å². The first-order chi connectivity index (χ1) is 11.9. The predicted molar refractivity (Wildman–Crippen MR) is 83.4 cm³/mol. The fraction of sp³-hybridized carbons (Fsp3) is 0.643. The zero-order valence-electron chi connectivity index (χ0n) is 13.4. The van der Waals surface area contributed by atoms with Gasteiger partial charge in [-0.25, -0.2) is 5.43 Å². The number of hydrogen-bond donors (Lipinski definition) is 3. The first-order valence-corrected chi connectivity index (χ1v) is 8.23. The molecule has 0 bridgehead atoms. The summed E-state index contributed by atoms with van der Waals surface area (Å²) in [6, 6.07) is 3.54. The van der Waals surface area contributed by atoms with Crippen molar-refractivity contribution in [3.05, 3.63) is 18.0 Å². The van der Waals surface area contributed by atoms with E-state index in [-0.39, 0.29) is 11.8 Å². The van der Waals surface area contributed by atoms with Gasteiger partial charge in [0.2, 0.25) is 0 Å². The molecule has 0 amide bonds. The second kappa shape index (κ2) is 6.07. The average Bonchev–Trinajstić information content (AvgIpc) is 3.20. The van der Waals surface area contributed by atoms with E-state index < -0.39 is 12.0 Å². The van der Waals surface area contributed by atoms with E-state index >= 15 is 0 Å². The van der Waals surface area contributed by atoms with Gasteiger partial charge in [0, 0.05) is 19.1 Å². The summed E-state index contributed by atoms with van der Waals surface area (Å²) in [5, 5.41) is 10.8. The van der Waals surface area contributed by atoms with Crippen molar-refractivity contribution >= 4 is 11.5 Å². The second-order valence-electron chi connectivity index (χ2n) is 6.54. The minimum Gasteiger partial charge on any atom is -0.355 e. The van der Waals surface area contributed by atoms with Crippen molar-refractivity contribution in [1.29, 1.82) is 0 Å². The molecule has 2 atom stereocenters. The number of nitrogens with zero attached hydrogens (tertiary/aromatic N) is 5. The minimum absolute atomic E-state index is 0.0263. The summed E-state index contributed by atoms with van der Waals surface area (Å²) in [5.74, 6) is -0.110. The van der Waals surface area contributed by atoms with Crippen LogP contribution in [0.15, 0.2) is 12.1 Å². The summed E-state index contributed by atoms with van der Waals surface area (Å²) in [5.41, 5.74) is 12.2. The number of piperidine rings is 1. The van der Waals surface area contributed by atoms with Crippen molar-refractivity contribution in [3.63, 3.8) is 0 Å². The molecule has 4 heterocycles. The van der Waals surface area contributed by atoms with Crippen molar-refractivity contribution in [2.45, 2.75) is 37.6 Å². The third-order valence-corrected chi connectivity index (χ3v) is 4.90. The quantitative estimate of drug-likeness (QED) is 0.721. The first-order valence-electron chi connectivity index (χ1n) is 8.23. The molecule has 0 spiro atoms. The lowest BCUT2D eigenvalue weighted by molar-refractivity contribution is -0.146. The average molecular weight is 356 g/mol. The summed E-state index contributed by atoms with van der Waals surface area (Å²) < 4.78 is 39.7. The number of hydrogen-bond acceptors (Lipinski definition) is 7. The molecule has 0 saturated carbocycles. The lowest BCUT2D eigenvalue weighted by Crippen LogP contribution is -2.43. The van der Waals surface area contributed by atoms with Crippen molar-refractivity contribution in [3.8, 4) is 0 Å². The van der Waals surface area contributed by atoms with E-state index in [1.807, 2.05) is 4.90 Å². The van der Waals surface area contributed by atoms with Crippen LogP contribution in [0.3, 0.4) is 0 Å². The van der Waals surface area contributed by atoms with Crippen molar-refractivity contribution in [2.24, 2.45) is 11.7 Å². The lowest BCUT2D eigenvalue weighted by Gasteiger charge is -2.35. The van der Waals surface area contributed by atoms with Gasteiger partial charge in [-0.15, -0.1) is 15.3 Å². The predicted octanol–water partition coefficient (Wildman–Crippen LogP) is 0.511. The Kier molecular flexibility index (Phi) is 4.01. The summed E-state index contributed by atoms with van der Waals surface area (Å²) in [6.45, 7) is 1.47. The van der Waals surface area contributed by atoms with Crippen LogP contribution in [-0.4, -0.2) is 45.1 Å². The Balaban J connectivity index is 1.49. The molecule has 25 heavy (non-hydrogen) atoms. The van der Waals surface area contributed by atoms with Crippen LogP contribution in [0.5, 0.6) is 0 Å². The number of alkyl halides is 3. The van der Waals surface area contributed by atoms with Crippen molar-refractivity contribution in [1.82, 2.24) is 30.7 Å². The van der Waals surface area contributed by atoms with E-state index in [2.05, 4.69) is 26.1 Å². The molecule has 2 aliphatic heterocycles. The molecule has 8 nitrogen and oxygen atoms in total. The van der Waals surface area contributed by atoms with Gasteiger partial charge in [-0.3, -0.25) is 5.43 Å². The Labute approximate surface area is 141 Å². The number of nitrogens with two attached hydrogens (primary N) is 1. The highest BCUT2D eigenvalue weighted by Gasteiger charge is 2.38. The van der Waals surface area contributed by atoms with Gasteiger partial charge in [-0.1, -0.05) is 0 Å². The number of rotatable bonds is 2. The topological polar surface area (TPSA) is 96.4 Å². The van der Waals surface area contributed by atoms with E-state index in [9.17, 15) is 13.2 Å². The van der Waals surface area contributed by atoms with E-state index in [1.165, 1.54) is 6.07 Å². The molecule has 2 aromatic rings. The molecule has 2 aliphatic rings. The molecule has 2 saturated heterocycles. The van der Waals surface area contributed by atoms with Crippen LogP contribution >= 0.6 is 0 Å². The van der Waals surface area contributed by atoms with Gasteiger partial charge < -0.3 is 10.6 Å². The monoisotopic (exact) mass is 356 g/mol. The van der Waals surface area contributed by atoms with Crippen LogP contribution in [0.25, 0.3) is 5.65 Å². The zero-order valence-corrected chi connectivity index (χ0v) is 13.4. The standard InChI is InChI=1S/C14H19F3N8/c15-14(16,17)13-22-21-11-1-2-12(23-25(11)13)24-5-3-8(4-6-24)9-7-10(18)20-19-9/h1-2,8-10,19-20H,3-7,18H2. The highest BCUT2D eigenvalue weighted by atomic mass is 19.4. The van der Waals surface area contributed by atoms with E-state index in [0.29, 0.717) is 17.8 Å². The molecule has 2 fully saturated rings. The third-order valence-electron chi connectivity index (χ3n) is 4.90. The Bertz CT molecular complexity index is 752. The van der Waals surface area contributed by atoms with Gasteiger partial charge in [0.1, 0.15) is 5.82 Å². The molecule has 0 aromatic carbocycles. The maximum Gasteiger partial charge on any atom is 0.453 e. The molecule has 136 valence electrons. The normalized spacial score (nSPS) is 25.8.